The Bertz CT molecular complexity index is 470. The van der Waals surface area contributed by atoms with Crippen LogP contribution in [0.1, 0.15) is 30.1 Å². The van der Waals surface area contributed by atoms with Gasteiger partial charge in [0.1, 0.15) is 0 Å². The molecule has 3 N–H and O–H groups in total. The van der Waals surface area contributed by atoms with Crippen LogP contribution in [-0.4, -0.2) is 53.4 Å². The third kappa shape index (κ3) is 4.44. The largest absolute Gasteiger partial charge is 0.394 e. The molecular weight excluding hydrogens is 268 g/mol. The lowest BCUT2D eigenvalue weighted by Crippen LogP contribution is -2.37. The second-order valence-corrected chi connectivity index (χ2v) is 5.77. The van der Waals surface area contributed by atoms with Gasteiger partial charge in [-0.25, -0.2) is 0 Å². The van der Waals surface area contributed by atoms with Gasteiger partial charge in [-0.15, -0.1) is 0 Å². The van der Waals surface area contributed by atoms with Crippen LogP contribution >= 0.6 is 0 Å². The van der Waals surface area contributed by atoms with Gasteiger partial charge in [0, 0.05) is 30.9 Å². The number of hydrogen-bond acceptors (Lipinski definition) is 4. The molecule has 1 atom stereocenters. The summed E-state index contributed by atoms with van der Waals surface area (Å²) in [6.07, 6.45) is 1.33. The molecule has 1 saturated heterocycles. The highest BCUT2D eigenvalue weighted by molar-refractivity contribution is 5.95. The third-order valence-electron chi connectivity index (χ3n) is 3.93. The molecule has 0 aromatic heterocycles. The van der Waals surface area contributed by atoms with Gasteiger partial charge in [-0.2, -0.15) is 0 Å². The van der Waals surface area contributed by atoms with Gasteiger partial charge < -0.3 is 20.4 Å². The van der Waals surface area contributed by atoms with E-state index in [1.54, 1.807) is 6.07 Å². The van der Waals surface area contributed by atoms with E-state index in [4.69, 9.17) is 5.11 Å². The van der Waals surface area contributed by atoms with E-state index in [1.165, 1.54) is 0 Å². The summed E-state index contributed by atoms with van der Waals surface area (Å²) < 4.78 is 0. The van der Waals surface area contributed by atoms with Crippen LogP contribution in [0.5, 0.6) is 0 Å². The fraction of sp³-hybridized carbons (Fsp3) is 0.562. The molecule has 1 amide bonds. The van der Waals surface area contributed by atoms with Crippen molar-refractivity contribution < 1.29 is 15.0 Å². The number of aliphatic hydroxyl groups is 2. The summed E-state index contributed by atoms with van der Waals surface area (Å²) in [7, 11) is 0. The van der Waals surface area contributed by atoms with Crippen LogP contribution in [0, 0.1) is 5.92 Å². The SMILES string of the molecule is CC1CCN(C(=O)c2cccc(NCC(O)CO)c2)CC1. The number of piperidine rings is 1. The average Bonchev–Trinajstić information content (AvgIpc) is 2.53. The van der Waals surface area contributed by atoms with Crippen LogP contribution < -0.4 is 5.32 Å². The molecule has 5 heteroatoms. The quantitative estimate of drug-likeness (QED) is 0.765. The molecule has 21 heavy (non-hydrogen) atoms. The fourth-order valence-electron chi connectivity index (χ4n) is 2.46. The molecule has 1 aliphatic rings. The number of rotatable bonds is 5. The highest BCUT2D eigenvalue weighted by Crippen LogP contribution is 2.19. The predicted molar refractivity (Wildman–Crippen MR) is 82.3 cm³/mol. The lowest BCUT2D eigenvalue weighted by Gasteiger charge is -2.30. The van der Waals surface area contributed by atoms with Crippen molar-refractivity contribution in [2.75, 3.05) is 31.6 Å². The van der Waals surface area contributed by atoms with Gasteiger partial charge in [-0.1, -0.05) is 13.0 Å². The summed E-state index contributed by atoms with van der Waals surface area (Å²) in [5.74, 6) is 0.760. The van der Waals surface area contributed by atoms with E-state index >= 15 is 0 Å². The number of nitrogens with zero attached hydrogens (tertiary/aromatic N) is 1. The molecule has 0 spiro atoms. The maximum atomic E-state index is 12.5. The molecule has 5 nitrogen and oxygen atoms in total. The summed E-state index contributed by atoms with van der Waals surface area (Å²) >= 11 is 0. The Labute approximate surface area is 125 Å². The van der Waals surface area contributed by atoms with Crippen LogP contribution in [0.25, 0.3) is 0 Å². The first-order valence-electron chi connectivity index (χ1n) is 7.52. The Kier molecular flexibility index (Phi) is 5.59. The van der Waals surface area contributed by atoms with Crippen molar-refractivity contribution >= 4 is 11.6 Å². The number of carbonyl (C=O) groups is 1. The number of benzene rings is 1. The van der Waals surface area contributed by atoms with Gasteiger partial charge in [0.15, 0.2) is 0 Å². The summed E-state index contributed by atoms with van der Waals surface area (Å²) in [5, 5.41) is 21.2. The summed E-state index contributed by atoms with van der Waals surface area (Å²) in [4.78, 5) is 14.4. The van der Waals surface area contributed by atoms with E-state index in [0.717, 1.165) is 31.6 Å². The van der Waals surface area contributed by atoms with Gasteiger partial charge in [-0.3, -0.25) is 4.79 Å². The van der Waals surface area contributed by atoms with Crippen molar-refractivity contribution in [1.29, 1.82) is 0 Å². The summed E-state index contributed by atoms with van der Waals surface area (Å²) in [6.45, 7) is 3.84. The molecule has 1 aromatic carbocycles. The van der Waals surface area contributed by atoms with Crippen LogP contribution in [0.15, 0.2) is 24.3 Å². The first-order valence-corrected chi connectivity index (χ1v) is 7.52. The topological polar surface area (TPSA) is 72.8 Å². The number of likely N-dealkylation sites (tertiary alicyclic amines) is 1. The maximum absolute atomic E-state index is 12.5. The van der Waals surface area contributed by atoms with Crippen LogP contribution in [0.2, 0.25) is 0 Å². The molecular formula is C16H24N2O3. The van der Waals surface area contributed by atoms with E-state index in [2.05, 4.69) is 12.2 Å². The van der Waals surface area contributed by atoms with Gasteiger partial charge >= 0.3 is 0 Å². The molecule has 1 fully saturated rings. The Balaban J connectivity index is 1.98. The van der Waals surface area contributed by atoms with Crippen LogP contribution in [0.4, 0.5) is 5.69 Å². The van der Waals surface area contributed by atoms with E-state index in [9.17, 15) is 9.90 Å². The van der Waals surface area contributed by atoms with E-state index < -0.39 is 6.10 Å². The van der Waals surface area contributed by atoms with Gasteiger partial charge in [0.25, 0.3) is 5.91 Å². The number of anilines is 1. The summed E-state index contributed by atoms with van der Waals surface area (Å²) in [6, 6.07) is 7.28. The Morgan fingerprint density at radius 3 is 2.81 bits per heavy atom. The number of carbonyl (C=O) groups excluding carboxylic acids is 1. The Morgan fingerprint density at radius 2 is 2.14 bits per heavy atom. The molecule has 1 heterocycles. The van der Waals surface area contributed by atoms with Crippen molar-refractivity contribution in [2.45, 2.75) is 25.9 Å². The average molecular weight is 292 g/mol. The zero-order valence-corrected chi connectivity index (χ0v) is 12.5. The molecule has 1 aliphatic heterocycles. The van der Waals surface area contributed by atoms with Crippen LogP contribution in [0.3, 0.4) is 0 Å². The van der Waals surface area contributed by atoms with Crippen molar-refractivity contribution in [3.05, 3.63) is 29.8 Å². The zero-order chi connectivity index (χ0) is 15.2. The molecule has 1 unspecified atom stereocenters. The number of hydrogen-bond donors (Lipinski definition) is 3. The second-order valence-electron chi connectivity index (χ2n) is 5.77. The van der Waals surface area contributed by atoms with Crippen molar-refractivity contribution in [1.82, 2.24) is 4.90 Å². The molecule has 0 saturated carbocycles. The maximum Gasteiger partial charge on any atom is 0.253 e. The number of nitrogens with one attached hydrogen (secondary N) is 1. The van der Waals surface area contributed by atoms with Crippen molar-refractivity contribution in [3.63, 3.8) is 0 Å². The van der Waals surface area contributed by atoms with Gasteiger partial charge in [0.2, 0.25) is 0 Å². The van der Waals surface area contributed by atoms with Crippen molar-refractivity contribution in [3.8, 4) is 0 Å². The highest BCUT2D eigenvalue weighted by Gasteiger charge is 2.21. The minimum absolute atomic E-state index is 0.0632. The minimum Gasteiger partial charge on any atom is -0.394 e. The monoisotopic (exact) mass is 292 g/mol. The fourth-order valence-corrected chi connectivity index (χ4v) is 2.46. The third-order valence-corrected chi connectivity index (χ3v) is 3.93. The van der Waals surface area contributed by atoms with Crippen molar-refractivity contribution in [2.24, 2.45) is 5.92 Å². The normalized spacial score (nSPS) is 17.6. The Morgan fingerprint density at radius 1 is 1.43 bits per heavy atom. The number of amides is 1. The first-order chi connectivity index (χ1) is 10.1. The Hall–Kier alpha value is -1.59. The molecule has 0 bridgehead atoms. The van der Waals surface area contributed by atoms with E-state index in [-0.39, 0.29) is 19.1 Å². The van der Waals surface area contributed by atoms with Gasteiger partial charge in [0.05, 0.1) is 12.7 Å². The number of aliphatic hydroxyl groups excluding tert-OH is 2. The molecule has 0 aliphatic carbocycles. The lowest BCUT2D eigenvalue weighted by molar-refractivity contribution is 0.0697. The smallest absolute Gasteiger partial charge is 0.253 e. The van der Waals surface area contributed by atoms with Crippen LogP contribution in [-0.2, 0) is 0 Å². The minimum atomic E-state index is -0.798. The first kappa shape index (κ1) is 15.8. The molecule has 2 rings (SSSR count). The summed E-state index contributed by atoms with van der Waals surface area (Å²) in [5.41, 5.74) is 1.44. The lowest BCUT2D eigenvalue weighted by atomic mass is 9.98. The molecule has 116 valence electrons. The second kappa shape index (κ2) is 7.43. The molecule has 0 radical (unpaired) electrons. The van der Waals surface area contributed by atoms with Gasteiger partial charge in [-0.05, 0) is 37.0 Å². The standard InChI is InChI=1S/C16H24N2O3/c1-12-5-7-18(8-6-12)16(21)13-3-2-4-14(9-13)17-10-15(20)11-19/h2-4,9,12,15,17,19-20H,5-8,10-11H2,1H3. The van der Waals surface area contributed by atoms with E-state index in [1.807, 2.05) is 23.1 Å². The molecule has 1 aromatic rings. The zero-order valence-electron chi connectivity index (χ0n) is 12.5. The predicted octanol–water partition coefficient (Wildman–Crippen LogP) is 1.32. The van der Waals surface area contributed by atoms with E-state index in [0.29, 0.717) is 11.5 Å². The highest BCUT2D eigenvalue weighted by atomic mass is 16.3.